The number of piperidine rings is 1. The Morgan fingerprint density at radius 1 is 0.972 bits per heavy atom. The van der Waals surface area contributed by atoms with Crippen molar-refractivity contribution in [3.05, 3.63) is 90.5 Å². The van der Waals surface area contributed by atoms with E-state index in [1.807, 2.05) is 37.4 Å². The topological polar surface area (TPSA) is 60.4 Å². The summed E-state index contributed by atoms with van der Waals surface area (Å²) >= 11 is 0. The number of likely N-dealkylation sites (tertiary alicyclic amines) is 1. The van der Waals surface area contributed by atoms with Gasteiger partial charge in [0.1, 0.15) is 0 Å². The molecule has 4 aromatic rings. The summed E-state index contributed by atoms with van der Waals surface area (Å²) in [6, 6.07) is 20.6. The van der Waals surface area contributed by atoms with Gasteiger partial charge in [-0.2, -0.15) is 0 Å². The number of rotatable bonds is 8. The summed E-state index contributed by atoms with van der Waals surface area (Å²) in [4.78, 5) is 16.5. The Morgan fingerprint density at radius 3 is 2.58 bits per heavy atom. The van der Waals surface area contributed by atoms with Crippen LogP contribution in [0, 0.1) is 0 Å². The minimum Gasteiger partial charge on any atom is -0.493 e. The summed E-state index contributed by atoms with van der Waals surface area (Å²) in [5.41, 5.74) is 5.60. The van der Waals surface area contributed by atoms with Gasteiger partial charge in [-0.3, -0.25) is 9.88 Å². The quantitative estimate of drug-likeness (QED) is 0.309. The Labute approximate surface area is 213 Å². The molecule has 0 spiro atoms. The van der Waals surface area contributed by atoms with Gasteiger partial charge in [0.2, 0.25) is 0 Å². The molecule has 2 aromatic heterocycles. The fraction of sp³-hybridized carbons (Fsp3) is 0.300. The van der Waals surface area contributed by atoms with Crippen molar-refractivity contribution in [1.29, 1.82) is 0 Å². The zero-order chi connectivity index (χ0) is 24.7. The number of hydrogen-bond acceptors (Lipinski definition) is 6. The Balaban J connectivity index is 1.43. The maximum absolute atomic E-state index is 5.80. The van der Waals surface area contributed by atoms with E-state index >= 15 is 0 Å². The van der Waals surface area contributed by atoms with E-state index in [1.165, 1.54) is 5.56 Å². The first-order valence-corrected chi connectivity index (χ1v) is 12.6. The van der Waals surface area contributed by atoms with Gasteiger partial charge in [-0.05, 0) is 61.7 Å². The van der Waals surface area contributed by atoms with Gasteiger partial charge in [-0.25, -0.2) is 9.97 Å². The molecule has 1 aliphatic rings. The van der Waals surface area contributed by atoms with Crippen molar-refractivity contribution in [3.8, 4) is 34.0 Å². The third-order valence-corrected chi connectivity index (χ3v) is 6.67. The van der Waals surface area contributed by atoms with E-state index in [2.05, 4.69) is 46.3 Å². The highest BCUT2D eigenvalue weighted by molar-refractivity contribution is 5.67. The fourth-order valence-corrected chi connectivity index (χ4v) is 4.95. The summed E-state index contributed by atoms with van der Waals surface area (Å²) in [7, 11) is 1.68. The first-order valence-electron chi connectivity index (χ1n) is 12.6. The monoisotopic (exact) mass is 480 g/mol. The van der Waals surface area contributed by atoms with Crippen molar-refractivity contribution < 1.29 is 9.47 Å². The lowest BCUT2D eigenvalue weighted by Crippen LogP contribution is -2.34. The van der Waals surface area contributed by atoms with E-state index in [-0.39, 0.29) is 0 Å². The molecule has 1 atom stereocenters. The van der Waals surface area contributed by atoms with Crippen LogP contribution < -0.4 is 9.47 Å². The number of hydrogen-bond donors (Lipinski definition) is 0. The molecule has 5 rings (SSSR count). The van der Waals surface area contributed by atoms with Crippen LogP contribution in [0.3, 0.4) is 0 Å². The molecule has 0 N–H and O–H groups in total. The van der Waals surface area contributed by atoms with Crippen LogP contribution in [0.2, 0.25) is 0 Å². The van der Waals surface area contributed by atoms with Gasteiger partial charge in [-0.15, -0.1) is 0 Å². The van der Waals surface area contributed by atoms with Crippen LogP contribution in [0.4, 0.5) is 0 Å². The average molecular weight is 481 g/mol. The van der Waals surface area contributed by atoms with Crippen LogP contribution in [0.25, 0.3) is 22.5 Å². The van der Waals surface area contributed by atoms with Crippen molar-refractivity contribution >= 4 is 0 Å². The van der Waals surface area contributed by atoms with E-state index in [0.29, 0.717) is 12.5 Å². The van der Waals surface area contributed by atoms with Gasteiger partial charge in [0.05, 0.1) is 19.4 Å². The lowest BCUT2D eigenvalue weighted by molar-refractivity contribution is 0.198. The molecule has 1 saturated heterocycles. The highest BCUT2D eigenvalue weighted by Gasteiger charge is 2.26. The Bertz CT molecular complexity index is 1280. The van der Waals surface area contributed by atoms with E-state index in [4.69, 9.17) is 19.4 Å². The smallest absolute Gasteiger partial charge is 0.161 e. The molecule has 6 heteroatoms. The minimum atomic E-state index is 0.321. The van der Waals surface area contributed by atoms with Gasteiger partial charge in [0, 0.05) is 48.7 Å². The predicted octanol–water partition coefficient (Wildman–Crippen LogP) is 5.99. The molecule has 0 amide bonds. The molecular formula is C30H32N4O2. The summed E-state index contributed by atoms with van der Waals surface area (Å²) in [6.45, 7) is 5.48. The maximum Gasteiger partial charge on any atom is 0.161 e. The third kappa shape index (κ3) is 5.39. The number of methoxy groups -OCH3 is 1. The molecule has 0 aliphatic carbocycles. The molecule has 0 unspecified atom stereocenters. The zero-order valence-corrected chi connectivity index (χ0v) is 20.9. The molecule has 36 heavy (non-hydrogen) atoms. The maximum atomic E-state index is 5.80. The third-order valence-electron chi connectivity index (χ3n) is 6.67. The van der Waals surface area contributed by atoms with Crippen molar-refractivity contribution in [3.63, 3.8) is 0 Å². The van der Waals surface area contributed by atoms with Crippen molar-refractivity contribution in [2.24, 2.45) is 0 Å². The van der Waals surface area contributed by atoms with Gasteiger partial charge in [-0.1, -0.05) is 36.4 Å². The van der Waals surface area contributed by atoms with Crippen molar-refractivity contribution in [2.45, 2.75) is 32.2 Å². The van der Waals surface area contributed by atoms with E-state index in [9.17, 15) is 0 Å². The molecule has 6 nitrogen and oxygen atoms in total. The van der Waals surface area contributed by atoms with Crippen LogP contribution in [0.15, 0.2) is 79.3 Å². The highest BCUT2D eigenvalue weighted by atomic mass is 16.5. The summed E-state index contributed by atoms with van der Waals surface area (Å²) in [5.74, 6) is 2.65. The molecule has 1 aliphatic heterocycles. The van der Waals surface area contributed by atoms with Crippen LogP contribution in [-0.4, -0.2) is 46.7 Å². The van der Waals surface area contributed by atoms with Crippen LogP contribution in [0.5, 0.6) is 11.5 Å². The van der Waals surface area contributed by atoms with E-state index in [0.717, 1.165) is 72.2 Å². The second kappa shape index (κ2) is 11.3. The molecular weight excluding hydrogens is 448 g/mol. The van der Waals surface area contributed by atoms with E-state index in [1.54, 1.807) is 19.5 Å². The zero-order valence-electron chi connectivity index (χ0n) is 20.9. The average Bonchev–Trinajstić information content (AvgIpc) is 2.94. The standard InChI is InChI=1S/C30H32N4O2/c1-3-36-28-18-22(11-12-27(28)35-2)20-34-17-7-10-25(21-34)29-26(23-8-5-4-6-9-23)19-32-30(33-29)24-13-15-31-16-14-24/h4-6,8-9,11-16,18-19,25H,3,7,10,17,20-21H2,1-2H3/t25-/m1/s1. The lowest BCUT2D eigenvalue weighted by atomic mass is 9.89. The second-order valence-electron chi connectivity index (χ2n) is 9.09. The second-order valence-corrected chi connectivity index (χ2v) is 9.09. The molecule has 0 bridgehead atoms. The number of pyridine rings is 1. The van der Waals surface area contributed by atoms with Gasteiger partial charge in [0.25, 0.3) is 0 Å². The Morgan fingerprint density at radius 2 is 1.81 bits per heavy atom. The largest absolute Gasteiger partial charge is 0.493 e. The summed E-state index contributed by atoms with van der Waals surface area (Å²) < 4.78 is 11.3. The van der Waals surface area contributed by atoms with Gasteiger partial charge < -0.3 is 9.47 Å². The molecule has 1 fully saturated rings. The summed E-state index contributed by atoms with van der Waals surface area (Å²) in [5, 5.41) is 0. The van der Waals surface area contributed by atoms with Crippen molar-refractivity contribution in [2.75, 3.05) is 26.8 Å². The number of aromatic nitrogens is 3. The Kier molecular flexibility index (Phi) is 7.52. The lowest BCUT2D eigenvalue weighted by Gasteiger charge is -2.33. The van der Waals surface area contributed by atoms with E-state index < -0.39 is 0 Å². The van der Waals surface area contributed by atoms with Crippen molar-refractivity contribution in [1.82, 2.24) is 19.9 Å². The number of ether oxygens (including phenoxy) is 2. The molecule has 184 valence electrons. The number of nitrogens with zero attached hydrogens (tertiary/aromatic N) is 4. The van der Waals surface area contributed by atoms with Gasteiger partial charge in [0.15, 0.2) is 17.3 Å². The first-order chi connectivity index (χ1) is 17.7. The normalized spacial score (nSPS) is 16.0. The number of benzene rings is 2. The summed E-state index contributed by atoms with van der Waals surface area (Å²) in [6.07, 6.45) is 7.80. The minimum absolute atomic E-state index is 0.321. The van der Waals surface area contributed by atoms with Gasteiger partial charge >= 0.3 is 0 Å². The fourth-order valence-electron chi connectivity index (χ4n) is 4.95. The Hall–Kier alpha value is -3.77. The van der Waals surface area contributed by atoms with Crippen LogP contribution in [-0.2, 0) is 6.54 Å². The highest BCUT2D eigenvalue weighted by Crippen LogP contribution is 2.35. The predicted molar refractivity (Wildman–Crippen MR) is 142 cm³/mol. The SMILES string of the molecule is CCOc1cc(CN2CCC[C@@H](c3nc(-c4ccncc4)ncc3-c3ccccc3)C2)ccc1OC. The first kappa shape index (κ1) is 23.9. The molecule has 3 heterocycles. The molecule has 2 aromatic carbocycles. The van der Waals surface area contributed by atoms with Crippen LogP contribution >= 0.6 is 0 Å². The molecule has 0 saturated carbocycles. The molecule has 0 radical (unpaired) electrons. The van der Waals surface area contributed by atoms with Crippen LogP contribution in [0.1, 0.15) is 36.9 Å².